The Morgan fingerprint density at radius 3 is 1.60 bits per heavy atom. The SMILES string of the molecule is CC/C=C/C/C=C/C/C=C/C/C=C/CCCCC(=O)OC[C@H](COP(=O)(O)O)OC(=O)CC/C=C/CCCCCCCCCCCCC. The lowest BCUT2D eigenvalue weighted by Crippen LogP contribution is -2.29. The molecule has 0 saturated heterocycles. The van der Waals surface area contributed by atoms with Crippen molar-refractivity contribution in [2.24, 2.45) is 0 Å². The maximum atomic E-state index is 12.3. The Balaban J connectivity index is 4.10. The van der Waals surface area contributed by atoms with Crippen LogP contribution in [0.15, 0.2) is 60.8 Å². The fourth-order valence-corrected chi connectivity index (χ4v) is 5.15. The Morgan fingerprint density at radius 1 is 0.562 bits per heavy atom. The lowest BCUT2D eigenvalue weighted by Gasteiger charge is -2.18. The van der Waals surface area contributed by atoms with E-state index in [1.165, 1.54) is 64.2 Å². The van der Waals surface area contributed by atoms with Gasteiger partial charge in [0.1, 0.15) is 6.61 Å². The van der Waals surface area contributed by atoms with Crippen LogP contribution >= 0.6 is 7.82 Å². The van der Waals surface area contributed by atoms with Crippen molar-refractivity contribution in [1.29, 1.82) is 0 Å². The van der Waals surface area contributed by atoms with Crippen LogP contribution in [0.25, 0.3) is 0 Å². The number of hydrogen-bond donors (Lipinski definition) is 2. The van der Waals surface area contributed by atoms with E-state index >= 15 is 0 Å². The zero-order valence-corrected chi connectivity index (χ0v) is 31.0. The zero-order chi connectivity index (χ0) is 35.4. The van der Waals surface area contributed by atoms with Crippen LogP contribution in [0.4, 0.5) is 0 Å². The predicted octanol–water partition coefficient (Wildman–Crippen LogP) is 11.0. The third kappa shape index (κ3) is 36.6. The molecule has 0 heterocycles. The van der Waals surface area contributed by atoms with Crippen molar-refractivity contribution >= 4 is 19.8 Å². The molecule has 0 amide bonds. The Labute approximate surface area is 292 Å². The molecule has 0 unspecified atom stereocenters. The van der Waals surface area contributed by atoms with E-state index in [1.807, 2.05) is 6.08 Å². The molecule has 0 bridgehead atoms. The average molecular weight is 695 g/mol. The first kappa shape index (κ1) is 45.8. The van der Waals surface area contributed by atoms with Gasteiger partial charge in [-0.15, -0.1) is 0 Å². The summed E-state index contributed by atoms with van der Waals surface area (Å²) in [5, 5.41) is 0. The maximum absolute atomic E-state index is 12.3. The van der Waals surface area contributed by atoms with Crippen LogP contribution in [0.3, 0.4) is 0 Å². The molecule has 9 heteroatoms. The number of rotatable bonds is 33. The molecule has 0 spiro atoms. The van der Waals surface area contributed by atoms with Gasteiger partial charge in [0.15, 0.2) is 6.10 Å². The minimum atomic E-state index is -4.77. The summed E-state index contributed by atoms with van der Waals surface area (Å²) in [4.78, 5) is 42.6. The molecule has 0 radical (unpaired) electrons. The van der Waals surface area contributed by atoms with Crippen LogP contribution in [0, 0.1) is 0 Å². The molecule has 2 N–H and O–H groups in total. The molecular weight excluding hydrogens is 627 g/mol. The maximum Gasteiger partial charge on any atom is 0.469 e. The number of esters is 2. The lowest BCUT2D eigenvalue weighted by molar-refractivity contribution is -0.161. The summed E-state index contributed by atoms with van der Waals surface area (Å²) in [7, 11) is -4.77. The van der Waals surface area contributed by atoms with E-state index in [0.717, 1.165) is 51.4 Å². The van der Waals surface area contributed by atoms with Gasteiger partial charge in [-0.3, -0.25) is 14.1 Å². The van der Waals surface area contributed by atoms with Crippen molar-refractivity contribution in [1.82, 2.24) is 0 Å². The molecule has 0 aliphatic carbocycles. The van der Waals surface area contributed by atoms with Crippen molar-refractivity contribution in [2.45, 2.75) is 161 Å². The second kappa shape index (κ2) is 34.6. The van der Waals surface area contributed by atoms with E-state index < -0.39 is 32.5 Å². The number of phosphoric ester groups is 1. The van der Waals surface area contributed by atoms with Gasteiger partial charge in [-0.1, -0.05) is 139 Å². The summed E-state index contributed by atoms with van der Waals surface area (Å²) in [6.07, 6.45) is 42.4. The number of allylic oxidation sites excluding steroid dienone is 10. The van der Waals surface area contributed by atoms with Gasteiger partial charge < -0.3 is 19.3 Å². The molecule has 0 saturated carbocycles. The molecule has 0 fully saturated rings. The fourth-order valence-electron chi connectivity index (χ4n) is 4.79. The minimum absolute atomic E-state index is 0.117. The fraction of sp³-hybridized carbons (Fsp3) is 0.692. The standard InChI is InChI=1S/C39H67O8P/c1-3-5-7-9-11-13-15-17-19-21-23-25-27-29-31-33-38(40)45-35-37(36-46-48(42,43)44)47-39(41)34-32-30-28-26-24-22-20-18-16-14-12-10-8-6-4-2/h5,7,11,13,17,19,23,25,28,30,37H,3-4,6,8-10,12,14-16,18,20-22,24,26-27,29,31-36H2,1-2H3,(H2,42,43,44)/b7-5+,13-11+,19-17+,25-23+,30-28+/t37-/m1/s1. The second-order valence-corrected chi connectivity index (χ2v) is 13.4. The Kier molecular flexibility index (Phi) is 33.0. The van der Waals surface area contributed by atoms with Crippen molar-refractivity contribution < 1.29 is 37.9 Å². The van der Waals surface area contributed by atoms with Crippen LogP contribution in [-0.2, 0) is 28.2 Å². The van der Waals surface area contributed by atoms with E-state index in [1.54, 1.807) is 0 Å². The monoisotopic (exact) mass is 694 g/mol. The highest BCUT2D eigenvalue weighted by Crippen LogP contribution is 2.35. The summed E-state index contributed by atoms with van der Waals surface area (Å²) < 4.78 is 26.2. The predicted molar refractivity (Wildman–Crippen MR) is 197 cm³/mol. The zero-order valence-electron chi connectivity index (χ0n) is 30.1. The molecule has 0 aliphatic heterocycles. The summed E-state index contributed by atoms with van der Waals surface area (Å²) in [5.41, 5.74) is 0. The molecule has 1 atom stereocenters. The van der Waals surface area contributed by atoms with Gasteiger partial charge in [-0.05, 0) is 64.2 Å². The molecule has 276 valence electrons. The molecule has 8 nitrogen and oxygen atoms in total. The van der Waals surface area contributed by atoms with Gasteiger partial charge in [0, 0.05) is 12.8 Å². The summed E-state index contributed by atoms with van der Waals surface area (Å²) in [6.45, 7) is 3.48. The Morgan fingerprint density at radius 2 is 1.04 bits per heavy atom. The molecule has 0 aromatic rings. The summed E-state index contributed by atoms with van der Waals surface area (Å²) >= 11 is 0. The lowest BCUT2D eigenvalue weighted by atomic mass is 10.1. The van der Waals surface area contributed by atoms with Crippen LogP contribution in [0.5, 0.6) is 0 Å². The van der Waals surface area contributed by atoms with Crippen molar-refractivity contribution in [3.8, 4) is 0 Å². The Hall–Kier alpha value is -2.25. The normalized spacial score (nSPS) is 13.2. The van der Waals surface area contributed by atoms with E-state index in [-0.39, 0.29) is 19.4 Å². The summed E-state index contributed by atoms with van der Waals surface area (Å²) in [6, 6.07) is 0. The average Bonchev–Trinajstić information content (AvgIpc) is 3.05. The number of phosphoric acid groups is 1. The van der Waals surface area contributed by atoms with Crippen LogP contribution in [-0.4, -0.2) is 41.0 Å². The molecule has 0 rings (SSSR count). The highest BCUT2D eigenvalue weighted by molar-refractivity contribution is 7.46. The molecule has 48 heavy (non-hydrogen) atoms. The van der Waals surface area contributed by atoms with Gasteiger partial charge in [0.2, 0.25) is 0 Å². The third-order valence-electron chi connectivity index (χ3n) is 7.53. The number of hydrogen-bond acceptors (Lipinski definition) is 6. The molecule has 0 aromatic heterocycles. The number of ether oxygens (including phenoxy) is 2. The minimum Gasteiger partial charge on any atom is -0.462 e. The van der Waals surface area contributed by atoms with Gasteiger partial charge >= 0.3 is 19.8 Å². The quantitative estimate of drug-likeness (QED) is 0.0301. The first-order valence-electron chi connectivity index (χ1n) is 18.6. The topological polar surface area (TPSA) is 119 Å². The van der Waals surface area contributed by atoms with E-state index in [4.69, 9.17) is 19.3 Å². The van der Waals surface area contributed by atoms with E-state index in [0.29, 0.717) is 12.8 Å². The molecule has 0 aromatic carbocycles. The number of unbranched alkanes of at least 4 members (excludes halogenated alkanes) is 13. The van der Waals surface area contributed by atoms with Gasteiger partial charge in [0.05, 0.1) is 6.61 Å². The van der Waals surface area contributed by atoms with Crippen molar-refractivity contribution in [3.63, 3.8) is 0 Å². The van der Waals surface area contributed by atoms with E-state index in [2.05, 4.69) is 73.1 Å². The third-order valence-corrected chi connectivity index (χ3v) is 8.02. The number of carbonyl (C=O) groups is 2. The first-order valence-corrected chi connectivity index (χ1v) is 20.1. The van der Waals surface area contributed by atoms with Gasteiger partial charge in [0.25, 0.3) is 0 Å². The van der Waals surface area contributed by atoms with E-state index in [9.17, 15) is 14.2 Å². The summed E-state index contributed by atoms with van der Waals surface area (Å²) in [5.74, 6) is -0.995. The van der Waals surface area contributed by atoms with Gasteiger partial charge in [-0.2, -0.15) is 0 Å². The smallest absolute Gasteiger partial charge is 0.462 e. The molecular formula is C39H67O8P. The highest BCUT2D eigenvalue weighted by Gasteiger charge is 2.22. The number of carbonyl (C=O) groups excluding carboxylic acids is 2. The van der Waals surface area contributed by atoms with Crippen molar-refractivity contribution in [3.05, 3.63) is 60.8 Å². The van der Waals surface area contributed by atoms with Gasteiger partial charge in [-0.25, -0.2) is 4.57 Å². The first-order chi connectivity index (χ1) is 23.3. The molecule has 0 aliphatic rings. The van der Waals surface area contributed by atoms with Crippen LogP contribution in [0.1, 0.15) is 155 Å². The van der Waals surface area contributed by atoms with Crippen molar-refractivity contribution in [2.75, 3.05) is 13.2 Å². The largest absolute Gasteiger partial charge is 0.469 e. The Bertz CT molecular complexity index is 963. The second-order valence-electron chi connectivity index (χ2n) is 12.2. The van der Waals surface area contributed by atoms with Crippen LogP contribution < -0.4 is 0 Å². The van der Waals surface area contributed by atoms with Crippen LogP contribution in [0.2, 0.25) is 0 Å². The highest BCUT2D eigenvalue weighted by atomic mass is 31.2.